The molecule has 20 heavy (non-hydrogen) atoms. The van der Waals surface area contributed by atoms with Crippen LogP contribution in [0.3, 0.4) is 0 Å². The molecule has 0 unspecified atom stereocenters. The number of benzene rings is 2. The summed E-state index contributed by atoms with van der Waals surface area (Å²) in [5.41, 5.74) is 6.44. The zero-order chi connectivity index (χ0) is 14.1. The van der Waals surface area contributed by atoms with E-state index in [1.54, 1.807) is 30.6 Å². The second-order valence-corrected chi connectivity index (χ2v) is 4.25. The molecule has 100 valence electrons. The number of halogens is 2. The zero-order valence-corrected chi connectivity index (χ0v) is 10.3. The van der Waals surface area contributed by atoms with Crippen LogP contribution >= 0.6 is 0 Å². The second kappa shape index (κ2) is 4.77. The number of aromatic nitrogens is 1. The molecule has 5 heteroatoms. The van der Waals surface area contributed by atoms with E-state index in [4.69, 9.17) is 10.5 Å². The van der Waals surface area contributed by atoms with E-state index >= 15 is 0 Å². The smallest absolute Gasteiger partial charge is 0.162 e. The first kappa shape index (κ1) is 12.3. The Kier molecular flexibility index (Phi) is 2.95. The molecule has 3 aromatic rings. The monoisotopic (exact) mass is 272 g/mol. The van der Waals surface area contributed by atoms with E-state index in [-0.39, 0.29) is 5.75 Å². The summed E-state index contributed by atoms with van der Waals surface area (Å²) in [6, 6.07) is 8.56. The SMILES string of the molecule is Nc1c(Oc2ccc(F)c(F)c2)ccc2cnccc12. The van der Waals surface area contributed by atoms with Gasteiger partial charge in [-0.05, 0) is 30.3 Å². The van der Waals surface area contributed by atoms with E-state index in [1.165, 1.54) is 6.07 Å². The van der Waals surface area contributed by atoms with Gasteiger partial charge in [-0.3, -0.25) is 4.98 Å². The number of hydrogen-bond donors (Lipinski definition) is 1. The van der Waals surface area contributed by atoms with Gasteiger partial charge < -0.3 is 10.5 Å². The lowest BCUT2D eigenvalue weighted by Gasteiger charge is -2.10. The van der Waals surface area contributed by atoms with Crippen LogP contribution in [0.1, 0.15) is 0 Å². The summed E-state index contributed by atoms with van der Waals surface area (Å²) in [6.07, 6.45) is 3.31. The van der Waals surface area contributed by atoms with E-state index in [1.807, 2.05) is 0 Å². The van der Waals surface area contributed by atoms with Crippen molar-refractivity contribution in [1.29, 1.82) is 0 Å². The van der Waals surface area contributed by atoms with Crippen molar-refractivity contribution in [2.24, 2.45) is 0 Å². The lowest BCUT2D eigenvalue weighted by Crippen LogP contribution is -1.94. The van der Waals surface area contributed by atoms with Gasteiger partial charge in [0.2, 0.25) is 0 Å². The third kappa shape index (κ3) is 2.14. The van der Waals surface area contributed by atoms with Gasteiger partial charge in [-0.25, -0.2) is 8.78 Å². The number of fused-ring (bicyclic) bond motifs is 1. The van der Waals surface area contributed by atoms with Crippen LogP contribution in [0, 0.1) is 11.6 Å². The summed E-state index contributed by atoms with van der Waals surface area (Å²) < 4.78 is 31.5. The number of anilines is 1. The Morgan fingerprint density at radius 2 is 1.85 bits per heavy atom. The van der Waals surface area contributed by atoms with Gasteiger partial charge >= 0.3 is 0 Å². The number of nitrogens with two attached hydrogens (primary N) is 1. The van der Waals surface area contributed by atoms with Gasteiger partial charge in [0.1, 0.15) is 5.75 Å². The van der Waals surface area contributed by atoms with Crippen LogP contribution in [-0.4, -0.2) is 4.98 Å². The Bertz CT molecular complexity index is 790. The maximum atomic E-state index is 13.1. The Morgan fingerprint density at radius 3 is 2.65 bits per heavy atom. The average molecular weight is 272 g/mol. The predicted octanol–water partition coefficient (Wildman–Crippen LogP) is 3.89. The number of nitrogens with zero attached hydrogens (tertiary/aromatic N) is 1. The van der Waals surface area contributed by atoms with Crippen LogP contribution in [0.15, 0.2) is 48.8 Å². The second-order valence-electron chi connectivity index (χ2n) is 4.25. The van der Waals surface area contributed by atoms with E-state index in [2.05, 4.69) is 4.98 Å². The fraction of sp³-hybridized carbons (Fsp3) is 0. The normalized spacial score (nSPS) is 10.7. The van der Waals surface area contributed by atoms with Crippen LogP contribution < -0.4 is 10.5 Å². The minimum absolute atomic E-state index is 0.184. The lowest BCUT2D eigenvalue weighted by molar-refractivity contribution is 0.463. The third-order valence-corrected chi connectivity index (χ3v) is 2.94. The number of hydrogen-bond acceptors (Lipinski definition) is 3. The standard InChI is InChI=1S/C15H10F2N2O/c16-12-3-2-10(7-13(12)17)20-14-4-1-9-8-19-6-5-11(9)15(14)18/h1-8H,18H2. The molecule has 2 N–H and O–H groups in total. The first-order valence-electron chi connectivity index (χ1n) is 5.90. The molecule has 1 heterocycles. The summed E-state index contributed by atoms with van der Waals surface area (Å²) >= 11 is 0. The molecule has 1 aromatic heterocycles. The molecule has 0 aliphatic carbocycles. The fourth-order valence-corrected chi connectivity index (χ4v) is 1.93. The first-order chi connectivity index (χ1) is 9.65. The first-order valence-corrected chi connectivity index (χ1v) is 5.90. The van der Waals surface area contributed by atoms with E-state index in [0.717, 1.165) is 22.9 Å². The fourth-order valence-electron chi connectivity index (χ4n) is 1.93. The molecule has 0 amide bonds. The van der Waals surface area contributed by atoms with Gasteiger partial charge in [-0.2, -0.15) is 0 Å². The molecule has 0 spiro atoms. The predicted molar refractivity (Wildman–Crippen MR) is 72.6 cm³/mol. The molecular weight excluding hydrogens is 262 g/mol. The summed E-state index contributed by atoms with van der Waals surface area (Å²) in [6.45, 7) is 0. The Morgan fingerprint density at radius 1 is 1.00 bits per heavy atom. The van der Waals surface area contributed by atoms with Crippen LogP contribution in [-0.2, 0) is 0 Å². The maximum Gasteiger partial charge on any atom is 0.162 e. The van der Waals surface area contributed by atoms with Crippen molar-refractivity contribution in [3.8, 4) is 11.5 Å². The molecule has 0 radical (unpaired) electrons. The highest BCUT2D eigenvalue weighted by Crippen LogP contribution is 2.33. The van der Waals surface area contributed by atoms with E-state index < -0.39 is 11.6 Å². The van der Waals surface area contributed by atoms with Crippen LogP contribution in [0.4, 0.5) is 14.5 Å². The van der Waals surface area contributed by atoms with Gasteiger partial charge in [0.15, 0.2) is 17.4 Å². The molecule has 0 aliphatic rings. The van der Waals surface area contributed by atoms with E-state index in [9.17, 15) is 8.78 Å². The molecule has 0 aliphatic heterocycles. The largest absolute Gasteiger partial charge is 0.455 e. The molecule has 3 nitrogen and oxygen atoms in total. The van der Waals surface area contributed by atoms with Crippen molar-refractivity contribution >= 4 is 16.5 Å². The van der Waals surface area contributed by atoms with Gasteiger partial charge in [0.25, 0.3) is 0 Å². The quantitative estimate of drug-likeness (QED) is 0.720. The highest BCUT2D eigenvalue weighted by molar-refractivity contribution is 5.95. The number of ether oxygens (including phenoxy) is 1. The Labute approximate surface area is 113 Å². The van der Waals surface area contributed by atoms with Gasteiger partial charge in [0, 0.05) is 29.2 Å². The van der Waals surface area contributed by atoms with Gasteiger partial charge in [-0.15, -0.1) is 0 Å². The van der Waals surface area contributed by atoms with Crippen molar-refractivity contribution in [2.75, 3.05) is 5.73 Å². The van der Waals surface area contributed by atoms with E-state index in [0.29, 0.717) is 11.4 Å². The molecule has 0 bridgehead atoms. The molecule has 2 aromatic carbocycles. The molecule has 0 saturated carbocycles. The molecule has 0 fully saturated rings. The Hall–Kier alpha value is -2.69. The summed E-state index contributed by atoms with van der Waals surface area (Å²) in [7, 11) is 0. The Balaban J connectivity index is 2.02. The maximum absolute atomic E-state index is 13.1. The van der Waals surface area contributed by atoms with Crippen LogP contribution in [0.2, 0.25) is 0 Å². The molecular formula is C15H10F2N2O. The van der Waals surface area contributed by atoms with Gasteiger partial charge in [-0.1, -0.05) is 0 Å². The van der Waals surface area contributed by atoms with Crippen molar-refractivity contribution in [1.82, 2.24) is 4.98 Å². The van der Waals surface area contributed by atoms with Crippen molar-refractivity contribution in [3.05, 3.63) is 60.4 Å². The number of pyridine rings is 1. The van der Waals surface area contributed by atoms with Crippen molar-refractivity contribution in [3.63, 3.8) is 0 Å². The topological polar surface area (TPSA) is 48.1 Å². The highest BCUT2D eigenvalue weighted by Gasteiger charge is 2.08. The summed E-state index contributed by atoms with van der Waals surface area (Å²) in [5.74, 6) is -1.32. The number of rotatable bonds is 2. The van der Waals surface area contributed by atoms with Crippen molar-refractivity contribution < 1.29 is 13.5 Å². The zero-order valence-electron chi connectivity index (χ0n) is 10.3. The molecule has 3 rings (SSSR count). The van der Waals surface area contributed by atoms with Crippen molar-refractivity contribution in [2.45, 2.75) is 0 Å². The number of nitrogen functional groups attached to an aromatic ring is 1. The summed E-state index contributed by atoms with van der Waals surface area (Å²) in [5, 5.41) is 1.67. The van der Waals surface area contributed by atoms with Crippen LogP contribution in [0.25, 0.3) is 10.8 Å². The molecule has 0 atom stereocenters. The summed E-state index contributed by atoms with van der Waals surface area (Å²) in [4.78, 5) is 4.00. The lowest BCUT2D eigenvalue weighted by atomic mass is 10.1. The van der Waals surface area contributed by atoms with Crippen LogP contribution in [0.5, 0.6) is 11.5 Å². The average Bonchev–Trinajstić information content (AvgIpc) is 2.46. The molecule has 0 saturated heterocycles. The minimum atomic E-state index is -0.967. The highest BCUT2D eigenvalue weighted by atomic mass is 19.2. The van der Waals surface area contributed by atoms with Gasteiger partial charge in [0.05, 0.1) is 5.69 Å². The third-order valence-electron chi connectivity index (χ3n) is 2.94. The minimum Gasteiger partial charge on any atom is -0.455 e.